The average Bonchev–Trinajstić information content (AvgIpc) is 2.23. The van der Waals surface area contributed by atoms with Gasteiger partial charge >= 0.3 is 0 Å². The fourth-order valence-electron chi connectivity index (χ4n) is 0.136. The molecule has 0 bridgehead atoms. The van der Waals surface area contributed by atoms with Crippen molar-refractivity contribution in [1.29, 1.82) is 0 Å². The highest BCUT2D eigenvalue weighted by atomic mass is 35.5. The van der Waals surface area contributed by atoms with E-state index in [0.717, 1.165) is 0 Å². The Morgan fingerprint density at radius 1 is 1.29 bits per heavy atom. The van der Waals surface area contributed by atoms with Gasteiger partial charge in [-0.3, -0.25) is 0 Å². The second kappa shape index (κ2) is 5.43. The molecule has 1 rings (SSSR count). The van der Waals surface area contributed by atoms with E-state index in [1.807, 2.05) is 0 Å². The molecule has 0 fully saturated rings. The molecule has 0 aliphatic carbocycles. The minimum atomic E-state index is 1.26. The number of rotatable bonds is 0. The number of halogens is 1. The lowest BCUT2D eigenvalue weighted by Gasteiger charge is -1.44. The predicted molar refractivity (Wildman–Crippen MR) is 26.1 cm³/mol. The smallest absolute Gasteiger partial charge is 0.203 e. The maximum Gasteiger partial charge on any atom is 0.203 e. The van der Waals surface area contributed by atoms with Crippen molar-refractivity contribution >= 4 is 11.6 Å². The van der Waals surface area contributed by atoms with Crippen molar-refractivity contribution in [3.05, 3.63) is 12.8 Å². The Kier molecular flexibility index (Phi) is 4.99. The Balaban J connectivity index is 0.000000162. The summed E-state index contributed by atoms with van der Waals surface area (Å²) in [5.41, 5.74) is 0. The summed E-state index contributed by atoms with van der Waals surface area (Å²) in [6, 6.07) is 0. The minimum Gasteiger partial charge on any atom is -0.431 e. The summed E-state index contributed by atoms with van der Waals surface area (Å²) in [5, 5.41) is 6.61. The molecule has 0 saturated carbocycles. The van der Waals surface area contributed by atoms with E-state index in [2.05, 4.69) is 26.2 Å². The molecule has 7 heavy (non-hydrogen) atoms. The standard InChI is InChI=1S/C2H2N2O.CH3Cl/c1-3-4-2-5-1;1-2/h1-2H;1H3. The van der Waals surface area contributed by atoms with Gasteiger partial charge in [-0.25, -0.2) is 0 Å². The third-order valence-electron chi connectivity index (χ3n) is 0.283. The van der Waals surface area contributed by atoms with Crippen LogP contribution in [0, 0.1) is 0 Å². The van der Waals surface area contributed by atoms with Crippen LogP contribution in [-0.2, 0) is 0 Å². The van der Waals surface area contributed by atoms with Gasteiger partial charge in [0.05, 0.1) is 0 Å². The Morgan fingerprint density at radius 2 is 1.71 bits per heavy atom. The van der Waals surface area contributed by atoms with E-state index in [1.165, 1.54) is 19.2 Å². The summed E-state index contributed by atoms with van der Waals surface area (Å²) < 4.78 is 4.36. The van der Waals surface area contributed by atoms with Crippen LogP contribution in [0.1, 0.15) is 0 Å². The van der Waals surface area contributed by atoms with Gasteiger partial charge in [0.25, 0.3) is 0 Å². The van der Waals surface area contributed by atoms with Crippen LogP contribution in [0.5, 0.6) is 0 Å². The van der Waals surface area contributed by atoms with E-state index < -0.39 is 0 Å². The molecule has 0 aliphatic heterocycles. The van der Waals surface area contributed by atoms with E-state index in [0.29, 0.717) is 0 Å². The number of hydrogen-bond donors (Lipinski definition) is 0. The molecule has 0 N–H and O–H groups in total. The van der Waals surface area contributed by atoms with Gasteiger partial charge in [-0.15, -0.1) is 21.8 Å². The normalized spacial score (nSPS) is 6.57. The first-order valence-corrected chi connectivity index (χ1v) is 2.32. The maximum absolute atomic E-state index is 4.64. The summed E-state index contributed by atoms with van der Waals surface area (Å²) in [6.07, 6.45) is 4.00. The molecule has 0 unspecified atom stereocenters. The Labute approximate surface area is 46.3 Å². The number of aromatic nitrogens is 2. The van der Waals surface area contributed by atoms with Crippen molar-refractivity contribution in [1.82, 2.24) is 10.2 Å². The molecule has 0 aromatic carbocycles. The van der Waals surface area contributed by atoms with Crippen molar-refractivity contribution in [2.24, 2.45) is 0 Å². The quantitative estimate of drug-likeness (QED) is 0.478. The van der Waals surface area contributed by atoms with Crippen LogP contribution in [-0.4, -0.2) is 16.6 Å². The molecule has 1 heterocycles. The van der Waals surface area contributed by atoms with Gasteiger partial charge < -0.3 is 4.42 Å². The van der Waals surface area contributed by atoms with Crippen LogP contribution >= 0.6 is 11.6 Å². The first-order valence-electron chi connectivity index (χ1n) is 1.57. The topological polar surface area (TPSA) is 38.9 Å². The molecule has 0 radical (unpaired) electrons. The van der Waals surface area contributed by atoms with Crippen molar-refractivity contribution in [2.45, 2.75) is 0 Å². The fraction of sp³-hybridized carbons (Fsp3) is 0.333. The highest BCUT2D eigenvalue weighted by Gasteiger charge is 1.60. The lowest BCUT2D eigenvalue weighted by molar-refractivity contribution is 0.553. The SMILES string of the molecule is CCl.c1nnco1. The van der Waals surface area contributed by atoms with Crippen molar-refractivity contribution in [3.63, 3.8) is 0 Å². The summed E-state index contributed by atoms with van der Waals surface area (Å²) in [5.74, 6) is 0. The first kappa shape index (κ1) is 6.43. The second-order valence-corrected chi connectivity index (χ2v) is 0.578. The molecule has 0 saturated heterocycles. The van der Waals surface area contributed by atoms with Gasteiger partial charge in [0.2, 0.25) is 12.8 Å². The third kappa shape index (κ3) is 3.26. The third-order valence-corrected chi connectivity index (χ3v) is 0.283. The van der Waals surface area contributed by atoms with Crippen LogP contribution in [0.4, 0.5) is 0 Å². The van der Waals surface area contributed by atoms with Crippen LogP contribution in [0.15, 0.2) is 17.2 Å². The van der Waals surface area contributed by atoms with Gasteiger partial charge in [-0.2, -0.15) is 0 Å². The molecule has 1 aromatic rings. The zero-order chi connectivity index (χ0) is 5.54. The molecule has 0 spiro atoms. The number of hydrogen-bond acceptors (Lipinski definition) is 3. The largest absolute Gasteiger partial charge is 0.431 e. The van der Waals surface area contributed by atoms with E-state index in [9.17, 15) is 0 Å². The monoisotopic (exact) mass is 120 g/mol. The minimum absolute atomic E-state index is 1.26. The zero-order valence-corrected chi connectivity index (χ0v) is 4.59. The fourth-order valence-corrected chi connectivity index (χ4v) is 0.136. The highest BCUT2D eigenvalue weighted by molar-refractivity contribution is 6.15. The molecular formula is C3H5ClN2O. The van der Waals surface area contributed by atoms with Crippen LogP contribution in [0.2, 0.25) is 0 Å². The molecule has 0 atom stereocenters. The lowest BCUT2D eigenvalue weighted by Crippen LogP contribution is -1.53. The second-order valence-electron chi connectivity index (χ2n) is 0.578. The van der Waals surface area contributed by atoms with Gasteiger partial charge in [0.1, 0.15) is 0 Å². The Morgan fingerprint density at radius 3 is 1.86 bits per heavy atom. The van der Waals surface area contributed by atoms with Crippen LogP contribution in [0.25, 0.3) is 0 Å². The molecule has 3 nitrogen and oxygen atoms in total. The zero-order valence-electron chi connectivity index (χ0n) is 3.84. The van der Waals surface area contributed by atoms with Gasteiger partial charge in [-0.05, 0) is 0 Å². The average molecular weight is 121 g/mol. The number of alkyl halides is 1. The van der Waals surface area contributed by atoms with Gasteiger partial charge in [0.15, 0.2) is 0 Å². The Bertz CT molecular complexity index is 69.4. The molecule has 1 aromatic heterocycles. The molecule has 4 heteroatoms. The van der Waals surface area contributed by atoms with Crippen molar-refractivity contribution in [2.75, 3.05) is 6.38 Å². The van der Waals surface area contributed by atoms with Crippen LogP contribution in [0.3, 0.4) is 0 Å². The highest BCUT2D eigenvalue weighted by Crippen LogP contribution is 1.64. The van der Waals surface area contributed by atoms with E-state index in [-0.39, 0.29) is 0 Å². The number of nitrogens with zero attached hydrogens (tertiary/aromatic N) is 2. The summed E-state index contributed by atoms with van der Waals surface area (Å²) in [4.78, 5) is 0. The Hall–Kier alpha value is -0.570. The van der Waals surface area contributed by atoms with E-state index >= 15 is 0 Å². The molecule has 40 valence electrons. The maximum atomic E-state index is 4.64. The summed E-state index contributed by atoms with van der Waals surface area (Å²) in [7, 11) is 0. The van der Waals surface area contributed by atoms with Crippen molar-refractivity contribution < 1.29 is 4.42 Å². The van der Waals surface area contributed by atoms with E-state index in [1.54, 1.807) is 0 Å². The summed E-state index contributed by atoms with van der Waals surface area (Å²) >= 11 is 4.64. The van der Waals surface area contributed by atoms with Crippen molar-refractivity contribution in [3.8, 4) is 0 Å². The predicted octanol–water partition coefficient (Wildman–Crippen LogP) is 0.925. The first-order chi connectivity index (χ1) is 3.50. The molecule has 0 aliphatic rings. The lowest BCUT2D eigenvalue weighted by atomic mass is 11.5. The molecule has 0 amide bonds. The van der Waals surface area contributed by atoms with Gasteiger partial charge in [-0.1, -0.05) is 0 Å². The van der Waals surface area contributed by atoms with Gasteiger partial charge in [0, 0.05) is 6.38 Å². The van der Waals surface area contributed by atoms with Crippen LogP contribution < -0.4 is 0 Å². The molecular weight excluding hydrogens is 115 g/mol. The summed E-state index contributed by atoms with van der Waals surface area (Å²) in [6.45, 7) is 0. The van der Waals surface area contributed by atoms with E-state index in [4.69, 9.17) is 0 Å².